The minimum absolute atomic E-state index is 0.324. The Morgan fingerprint density at radius 3 is 2.14 bits per heavy atom. The molecule has 0 saturated carbocycles. The molecule has 0 bridgehead atoms. The second-order valence-electron chi connectivity index (χ2n) is 2.57. The van der Waals surface area contributed by atoms with Crippen LogP contribution in [-0.2, 0) is 6.18 Å². The Kier molecular flexibility index (Phi) is 3.04. The van der Waals surface area contributed by atoms with Crippen LogP contribution in [0.3, 0.4) is 0 Å². The molecule has 0 fully saturated rings. The van der Waals surface area contributed by atoms with Crippen LogP contribution >= 0.6 is 11.6 Å². The lowest BCUT2D eigenvalue weighted by molar-refractivity contribution is -0.142. The van der Waals surface area contributed by atoms with Crippen molar-refractivity contribution in [3.8, 4) is 0 Å². The van der Waals surface area contributed by atoms with Crippen molar-refractivity contribution in [2.75, 3.05) is 0 Å². The fraction of sp³-hybridized carbons (Fsp3) is 0.250. The third-order valence-electron chi connectivity index (χ3n) is 1.62. The maximum absolute atomic E-state index is 12.3. The molecule has 14 heavy (non-hydrogen) atoms. The third-order valence-corrected chi connectivity index (χ3v) is 1.95. The van der Waals surface area contributed by atoms with Crippen molar-refractivity contribution in [2.24, 2.45) is 0 Å². The van der Waals surface area contributed by atoms with Gasteiger partial charge in [0.2, 0.25) is 0 Å². The molecular weight excluding hydrogens is 221 g/mol. The van der Waals surface area contributed by atoms with E-state index in [-0.39, 0.29) is 5.02 Å². The van der Waals surface area contributed by atoms with Gasteiger partial charge in [-0.15, -0.1) is 0 Å². The van der Waals surface area contributed by atoms with E-state index in [1.165, 1.54) is 0 Å². The Morgan fingerprint density at radius 2 is 1.79 bits per heavy atom. The average molecular weight is 227 g/mol. The van der Waals surface area contributed by atoms with Gasteiger partial charge in [-0.25, -0.2) is 0 Å². The van der Waals surface area contributed by atoms with Crippen molar-refractivity contribution in [1.82, 2.24) is 0 Å². The zero-order chi connectivity index (χ0) is 10.9. The number of halogens is 4. The molecule has 1 aromatic rings. The van der Waals surface area contributed by atoms with Gasteiger partial charge < -0.3 is 10.2 Å². The minimum atomic E-state index is -4.65. The smallest absolute Gasteiger partial charge is 0.364 e. The lowest BCUT2D eigenvalue weighted by Crippen LogP contribution is -2.12. The third kappa shape index (κ3) is 2.17. The first-order chi connectivity index (χ1) is 6.34. The van der Waals surface area contributed by atoms with Gasteiger partial charge in [0.15, 0.2) is 6.29 Å². The first-order valence-electron chi connectivity index (χ1n) is 3.56. The van der Waals surface area contributed by atoms with Gasteiger partial charge in [-0.2, -0.15) is 13.2 Å². The van der Waals surface area contributed by atoms with E-state index in [9.17, 15) is 13.2 Å². The number of aliphatic hydroxyl groups excluding tert-OH is 1. The summed E-state index contributed by atoms with van der Waals surface area (Å²) in [6.45, 7) is 0. The van der Waals surface area contributed by atoms with Gasteiger partial charge >= 0.3 is 6.18 Å². The van der Waals surface area contributed by atoms with Crippen LogP contribution in [0.4, 0.5) is 13.2 Å². The van der Waals surface area contributed by atoms with Crippen molar-refractivity contribution in [2.45, 2.75) is 12.5 Å². The summed E-state index contributed by atoms with van der Waals surface area (Å²) < 4.78 is 36.9. The van der Waals surface area contributed by atoms with Crippen molar-refractivity contribution < 1.29 is 23.4 Å². The van der Waals surface area contributed by atoms with Crippen LogP contribution < -0.4 is 0 Å². The maximum atomic E-state index is 12.3. The van der Waals surface area contributed by atoms with Crippen LogP contribution in [0.25, 0.3) is 0 Å². The highest BCUT2D eigenvalue weighted by Gasteiger charge is 2.35. The van der Waals surface area contributed by atoms with Crippen LogP contribution in [0.2, 0.25) is 5.02 Å². The Balaban J connectivity index is 3.36. The summed E-state index contributed by atoms with van der Waals surface area (Å²) in [6.07, 6.45) is -6.88. The van der Waals surface area contributed by atoms with Crippen molar-refractivity contribution in [3.05, 3.63) is 34.3 Å². The van der Waals surface area contributed by atoms with Gasteiger partial charge in [-0.3, -0.25) is 0 Å². The summed E-state index contributed by atoms with van der Waals surface area (Å²) in [7, 11) is 0. The van der Waals surface area contributed by atoms with Gasteiger partial charge in [-0.1, -0.05) is 17.7 Å². The van der Waals surface area contributed by atoms with Crippen LogP contribution in [0.5, 0.6) is 0 Å². The summed E-state index contributed by atoms with van der Waals surface area (Å²) >= 11 is 5.41. The topological polar surface area (TPSA) is 40.5 Å². The number of alkyl halides is 3. The molecule has 0 unspecified atom stereocenters. The van der Waals surface area contributed by atoms with E-state index >= 15 is 0 Å². The second-order valence-corrected chi connectivity index (χ2v) is 2.98. The van der Waals surface area contributed by atoms with E-state index in [0.717, 1.165) is 18.2 Å². The summed E-state index contributed by atoms with van der Waals surface area (Å²) in [4.78, 5) is 0. The fourth-order valence-corrected chi connectivity index (χ4v) is 1.32. The van der Waals surface area contributed by atoms with Crippen LogP contribution in [0, 0.1) is 0 Å². The normalized spacial score (nSPS) is 12.2. The van der Waals surface area contributed by atoms with Gasteiger partial charge in [0.1, 0.15) is 0 Å². The molecule has 0 saturated heterocycles. The predicted octanol–water partition coefficient (Wildman–Crippen LogP) is 2.34. The van der Waals surface area contributed by atoms with E-state index in [2.05, 4.69) is 0 Å². The number of rotatable bonds is 1. The molecule has 1 aromatic carbocycles. The van der Waals surface area contributed by atoms with E-state index in [1.807, 2.05) is 0 Å². The van der Waals surface area contributed by atoms with E-state index in [1.54, 1.807) is 0 Å². The first-order valence-corrected chi connectivity index (χ1v) is 3.93. The van der Waals surface area contributed by atoms with Crippen LogP contribution in [0.15, 0.2) is 18.2 Å². The monoisotopic (exact) mass is 226 g/mol. The van der Waals surface area contributed by atoms with Crippen molar-refractivity contribution in [3.63, 3.8) is 0 Å². The number of benzene rings is 1. The molecule has 0 radical (unpaired) electrons. The highest BCUT2D eigenvalue weighted by Crippen LogP contribution is 2.37. The van der Waals surface area contributed by atoms with Gasteiger partial charge in [0.05, 0.1) is 5.56 Å². The van der Waals surface area contributed by atoms with Crippen LogP contribution in [-0.4, -0.2) is 10.2 Å². The molecule has 0 aliphatic heterocycles. The molecule has 0 aromatic heterocycles. The standard InChI is InChI=1S/C8H6ClF3O2/c9-5-3-1-2-4(8(10,11)12)6(5)7(13)14/h1-3,7,13-14H. The summed E-state index contributed by atoms with van der Waals surface area (Å²) in [5, 5.41) is 17.1. The number of hydrogen-bond acceptors (Lipinski definition) is 2. The molecule has 2 nitrogen and oxygen atoms in total. The summed E-state index contributed by atoms with van der Waals surface area (Å²) in [5.74, 6) is 0. The first kappa shape index (κ1) is 11.3. The second kappa shape index (κ2) is 3.76. The van der Waals surface area contributed by atoms with Gasteiger partial charge in [0, 0.05) is 10.6 Å². The Hall–Kier alpha value is -0.780. The SMILES string of the molecule is OC(O)c1c(Cl)cccc1C(F)(F)F. The Bertz CT molecular complexity index is 336. The number of aliphatic hydroxyl groups is 2. The molecule has 1 rings (SSSR count). The fourth-order valence-electron chi connectivity index (χ4n) is 1.05. The van der Waals surface area contributed by atoms with Gasteiger partial charge in [-0.05, 0) is 12.1 Å². The lowest BCUT2D eigenvalue weighted by atomic mass is 10.1. The average Bonchev–Trinajstić information content (AvgIpc) is 2.01. The molecule has 0 aliphatic carbocycles. The molecule has 0 atom stereocenters. The molecule has 78 valence electrons. The molecular formula is C8H6ClF3O2. The Labute approximate surface area is 82.5 Å². The van der Waals surface area contributed by atoms with E-state index < -0.39 is 23.6 Å². The zero-order valence-electron chi connectivity index (χ0n) is 6.72. The molecule has 0 heterocycles. The summed E-state index contributed by atoms with van der Waals surface area (Å²) in [5.41, 5.74) is -1.86. The van der Waals surface area contributed by atoms with E-state index in [0.29, 0.717) is 0 Å². The number of hydrogen-bond donors (Lipinski definition) is 2. The predicted molar refractivity (Wildman–Crippen MR) is 43.6 cm³/mol. The quantitative estimate of drug-likeness (QED) is 0.722. The van der Waals surface area contributed by atoms with E-state index in [4.69, 9.17) is 21.8 Å². The molecule has 0 amide bonds. The molecule has 0 spiro atoms. The lowest BCUT2D eigenvalue weighted by Gasteiger charge is -2.15. The minimum Gasteiger partial charge on any atom is -0.364 e. The molecule has 2 N–H and O–H groups in total. The zero-order valence-corrected chi connectivity index (χ0v) is 7.47. The van der Waals surface area contributed by atoms with Crippen molar-refractivity contribution in [1.29, 1.82) is 0 Å². The van der Waals surface area contributed by atoms with Crippen molar-refractivity contribution >= 4 is 11.6 Å². The van der Waals surface area contributed by atoms with Crippen LogP contribution in [0.1, 0.15) is 17.4 Å². The molecule has 0 aliphatic rings. The summed E-state index contributed by atoms with van der Waals surface area (Å²) in [6, 6.07) is 2.99. The maximum Gasteiger partial charge on any atom is 0.416 e. The highest BCUT2D eigenvalue weighted by molar-refractivity contribution is 6.31. The van der Waals surface area contributed by atoms with Gasteiger partial charge in [0.25, 0.3) is 0 Å². The highest BCUT2D eigenvalue weighted by atomic mass is 35.5. The molecule has 6 heteroatoms. The Morgan fingerprint density at radius 1 is 1.21 bits per heavy atom. The largest absolute Gasteiger partial charge is 0.416 e.